The first-order chi connectivity index (χ1) is 6.85. The van der Waals surface area contributed by atoms with Crippen LogP contribution in [0.2, 0.25) is 0 Å². The van der Waals surface area contributed by atoms with Crippen molar-refractivity contribution in [3.8, 4) is 0 Å². The lowest BCUT2D eigenvalue weighted by molar-refractivity contribution is -0.137. The molecule has 1 N–H and O–H groups in total. The third-order valence-electron chi connectivity index (χ3n) is 2.39. The van der Waals surface area contributed by atoms with Crippen LogP contribution in [0, 0.1) is 0 Å². The predicted molar refractivity (Wildman–Crippen MR) is 56.0 cm³/mol. The number of hydrogen-bond donors (Lipinski definition) is 1. The number of carbonyl (C=O) groups is 1. The minimum atomic E-state index is -3.25. The molecule has 1 saturated carbocycles. The molecule has 0 aromatic rings. The molecule has 0 heterocycles. The molecule has 6 heteroatoms. The van der Waals surface area contributed by atoms with Gasteiger partial charge in [0.2, 0.25) is 10.0 Å². The van der Waals surface area contributed by atoms with Crippen molar-refractivity contribution >= 4 is 16.0 Å². The van der Waals surface area contributed by atoms with Crippen molar-refractivity contribution in [2.45, 2.75) is 44.4 Å². The van der Waals surface area contributed by atoms with Gasteiger partial charge in [-0.3, -0.25) is 4.79 Å². The van der Waals surface area contributed by atoms with Crippen molar-refractivity contribution < 1.29 is 18.3 Å². The molecule has 1 aliphatic carbocycles. The number of sulfonamides is 1. The summed E-state index contributed by atoms with van der Waals surface area (Å²) in [4.78, 5) is 10.4. The fourth-order valence-corrected chi connectivity index (χ4v) is 3.49. The molecule has 1 fully saturated rings. The van der Waals surface area contributed by atoms with Gasteiger partial charge in [-0.05, 0) is 26.7 Å². The summed E-state index contributed by atoms with van der Waals surface area (Å²) in [6, 6.07) is -0.171. The summed E-state index contributed by atoms with van der Waals surface area (Å²) in [5.74, 6) is -0.966. The Bertz CT molecular complexity index is 332. The van der Waals surface area contributed by atoms with Crippen LogP contribution in [-0.2, 0) is 14.8 Å². The van der Waals surface area contributed by atoms with Gasteiger partial charge in [-0.25, -0.2) is 8.42 Å². The average molecular weight is 235 g/mol. The van der Waals surface area contributed by atoms with E-state index in [1.807, 2.05) is 0 Å². The Morgan fingerprint density at radius 3 is 2.33 bits per heavy atom. The van der Waals surface area contributed by atoms with Gasteiger partial charge in [0.25, 0.3) is 0 Å². The normalized spacial score (nSPS) is 17.3. The number of carboxylic acids is 1. The summed E-state index contributed by atoms with van der Waals surface area (Å²) < 4.78 is 25.1. The largest absolute Gasteiger partial charge is 0.481 e. The lowest BCUT2D eigenvalue weighted by atomic mass is 10.3. The molecule has 0 saturated heterocycles. The van der Waals surface area contributed by atoms with E-state index < -0.39 is 16.0 Å². The molecule has 1 rings (SSSR count). The first kappa shape index (κ1) is 12.4. The lowest BCUT2D eigenvalue weighted by Crippen LogP contribution is -2.40. The van der Waals surface area contributed by atoms with Crippen molar-refractivity contribution in [3.63, 3.8) is 0 Å². The standard InChI is InChI=1S/C9H17NO4S/c1-7(2)10(6-5-9(11)12)15(13,14)8-3-4-8/h7-8H,3-6H2,1-2H3,(H,11,12). The molecule has 15 heavy (non-hydrogen) atoms. The Labute approximate surface area is 90.1 Å². The van der Waals surface area contributed by atoms with Crippen molar-refractivity contribution in [2.75, 3.05) is 6.54 Å². The maximum Gasteiger partial charge on any atom is 0.304 e. The van der Waals surface area contributed by atoms with Gasteiger partial charge in [0.05, 0.1) is 11.7 Å². The molecule has 0 aromatic heterocycles. The molecule has 5 nitrogen and oxygen atoms in total. The van der Waals surface area contributed by atoms with Gasteiger partial charge in [0.1, 0.15) is 0 Å². The fraction of sp³-hybridized carbons (Fsp3) is 0.889. The number of carboxylic acid groups (broad SMARTS) is 1. The zero-order valence-electron chi connectivity index (χ0n) is 9.01. The monoisotopic (exact) mass is 235 g/mol. The van der Waals surface area contributed by atoms with Crippen LogP contribution in [-0.4, -0.2) is 41.6 Å². The zero-order valence-corrected chi connectivity index (χ0v) is 9.83. The second-order valence-corrected chi connectivity index (χ2v) is 6.26. The van der Waals surface area contributed by atoms with Crippen LogP contribution >= 0.6 is 0 Å². The average Bonchev–Trinajstić information content (AvgIpc) is 2.83. The van der Waals surface area contributed by atoms with Crippen LogP contribution in [0.4, 0.5) is 0 Å². The first-order valence-corrected chi connectivity index (χ1v) is 6.58. The predicted octanol–water partition coefficient (Wildman–Crippen LogP) is 0.664. The summed E-state index contributed by atoms with van der Waals surface area (Å²) in [7, 11) is -3.25. The van der Waals surface area contributed by atoms with Gasteiger partial charge in [-0.2, -0.15) is 4.31 Å². The topological polar surface area (TPSA) is 74.7 Å². The van der Waals surface area contributed by atoms with Gasteiger partial charge in [-0.15, -0.1) is 0 Å². The molecule has 0 spiro atoms. The van der Waals surface area contributed by atoms with Crippen molar-refractivity contribution in [1.29, 1.82) is 0 Å². The third kappa shape index (κ3) is 3.17. The fourth-order valence-electron chi connectivity index (χ4n) is 1.44. The number of aliphatic carboxylic acids is 1. The van der Waals surface area contributed by atoms with Gasteiger partial charge in [-0.1, -0.05) is 0 Å². The van der Waals surface area contributed by atoms with Crippen LogP contribution in [0.1, 0.15) is 33.1 Å². The van der Waals surface area contributed by atoms with Gasteiger partial charge in [0, 0.05) is 12.6 Å². The second-order valence-electron chi connectivity index (χ2n) is 4.09. The smallest absolute Gasteiger partial charge is 0.304 e. The van der Waals surface area contributed by atoms with E-state index in [2.05, 4.69) is 0 Å². The molecule has 0 bridgehead atoms. The van der Waals surface area contributed by atoms with E-state index in [-0.39, 0.29) is 24.3 Å². The van der Waals surface area contributed by atoms with Gasteiger partial charge in [0.15, 0.2) is 0 Å². The molecule has 88 valence electrons. The molecule has 1 aliphatic rings. The molecule has 0 aliphatic heterocycles. The SMILES string of the molecule is CC(C)N(CCC(=O)O)S(=O)(=O)C1CC1. The Balaban J connectivity index is 2.69. The quantitative estimate of drug-likeness (QED) is 0.734. The van der Waals surface area contributed by atoms with Gasteiger partial charge >= 0.3 is 5.97 Å². The zero-order chi connectivity index (χ0) is 11.6. The van der Waals surface area contributed by atoms with E-state index >= 15 is 0 Å². The maximum absolute atomic E-state index is 11.9. The third-order valence-corrected chi connectivity index (χ3v) is 4.97. The summed E-state index contributed by atoms with van der Waals surface area (Å²) in [6.07, 6.45) is 1.28. The second kappa shape index (κ2) is 4.49. The molecule has 0 unspecified atom stereocenters. The molecule has 0 radical (unpaired) electrons. The number of nitrogens with zero attached hydrogens (tertiary/aromatic N) is 1. The minimum Gasteiger partial charge on any atom is -0.481 e. The van der Waals surface area contributed by atoms with Crippen LogP contribution in [0.25, 0.3) is 0 Å². The highest BCUT2D eigenvalue weighted by Gasteiger charge is 2.40. The van der Waals surface area contributed by atoms with E-state index in [1.54, 1.807) is 13.8 Å². The van der Waals surface area contributed by atoms with E-state index in [9.17, 15) is 13.2 Å². The number of hydrogen-bond acceptors (Lipinski definition) is 3. The van der Waals surface area contributed by atoms with Crippen LogP contribution in [0.5, 0.6) is 0 Å². The van der Waals surface area contributed by atoms with Gasteiger partial charge < -0.3 is 5.11 Å². The Morgan fingerprint density at radius 1 is 1.47 bits per heavy atom. The highest BCUT2D eigenvalue weighted by atomic mass is 32.2. The van der Waals surface area contributed by atoms with Crippen LogP contribution in [0.3, 0.4) is 0 Å². The van der Waals surface area contributed by atoms with E-state index in [0.717, 1.165) is 0 Å². The van der Waals surface area contributed by atoms with Crippen molar-refractivity contribution in [3.05, 3.63) is 0 Å². The molecule has 0 aromatic carbocycles. The molecular formula is C9H17NO4S. The van der Waals surface area contributed by atoms with Crippen molar-refractivity contribution in [1.82, 2.24) is 4.31 Å². The van der Waals surface area contributed by atoms with Crippen molar-refractivity contribution in [2.24, 2.45) is 0 Å². The van der Waals surface area contributed by atoms with E-state index in [4.69, 9.17) is 5.11 Å². The highest BCUT2D eigenvalue weighted by molar-refractivity contribution is 7.90. The van der Waals surface area contributed by atoms with Crippen LogP contribution < -0.4 is 0 Å². The maximum atomic E-state index is 11.9. The Kier molecular flexibility index (Phi) is 3.72. The summed E-state index contributed by atoms with van der Waals surface area (Å²) in [5, 5.41) is 8.27. The lowest BCUT2D eigenvalue weighted by Gasteiger charge is -2.25. The number of rotatable bonds is 6. The summed E-state index contributed by atoms with van der Waals surface area (Å²) >= 11 is 0. The molecular weight excluding hydrogens is 218 g/mol. The van der Waals surface area contributed by atoms with Crippen LogP contribution in [0.15, 0.2) is 0 Å². The summed E-state index contributed by atoms with van der Waals surface area (Å²) in [6.45, 7) is 3.61. The molecule has 0 amide bonds. The molecule has 0 atom stereocenters. The highest BCUT2D eigenvalue weighted by Crippen LogP contribution is 2.31. The Morgan fingerprint density at radius 2 is 2.00 bits per heavy atom. The minimum absolute atomic E-state index is 0.0752. The van der Waals surface area contributed by atoms with E-state index in [0.29, 0.717) is 12.8 Å². The first-order valence-electron chi connectivity index (χ1n) is 5.08. The summed E-state index contributed by atoms with van der Waals surface area (Å²) in [5.41, 5.74) is 0. The Hall–Kier alpha value is -0.620. The van der Waals surface area contributed by atoms with E-state index in [1.165, 1.54) is 4.31 Å².